The van der Waals surface area contributed by atoms with Crippen molar-refractivity contribution >= 4 is 16.3 Å². The zero-order chi connectivity index (χ0) is 19.7. The monoisotopic (exact) mass is 395 g/mol. The molecule has 0 fully saturated rings. The summed E-state index contributed by atoms with van der Waals surface area (Å²) in [5.74, 6) is 0.560. The molecule has 1 aliphatic carbocycles. The molecule has 4 rings (SSSR count). The summed E-state index contributed by atoms with van der Waals surface area (Å²) >= 11 is 1.71. The van der Waals surface area contributed by atoms with E-state index in [1.165, 1.54) is 34.5 Å². The maximum Gasteiger partial charge on any atom is 0.259 e. The van der Waals surface area contributed by atoms with E-state index in [1.807, 2.05) is 4.40 Å². The molecule has 2 heterocycles. The lowest BCUT2D eigenvalue weighted by Crippen LogP contribution is -2.28. The molecule has 0 N–H and O–H groups in total. The minimum atomic E-state index is 0.0826. The van der Waals surface area contributed by atoms with Gasteiger partial charge in [0.05, 0.1) is 5.69 Å². The zero-order valence-electron chi connectivity index (χ0n) is 17.1. The highest BCUT2D eigenvalue weighted by atomic mass is 32.1. The van der Waals surface area contributed by atoms with Crippen molar-refractivity contribution in [3.05, 3.63) is 68.1 Å². The number of aromatic nitrogens is 2. The Morgan fingerprint density at radius 2 is 1.89 bits per heavy atom. The molecule has 0 atom stereocenters. The molecule has 1 aromatic carbocycles. The van der Waals surface area contributed by atoms with Crippen molar-refractivity contribution in [3.8, 4) is 0 Å². The van der Waals surface area contributed by atoms with Crippen LogP contribution in [0, 0.1) is 12.8 Å². The molecule has 3 aromatic rings. The maximum atomic E-state index is 12.8. The lowest BCUT2D eigenvalue weighted by atomic mass is 10.0. The van der Waals surface area contributed by atoms with Gasteiger partial charge in [-0.05, 0) is 44.1 Å². The summed E-state index contributed by atoms with van der Waals surface area (Å²) in [6.07, 6.45) is 4.49. The average molecular weight is 396 g/mol. The quantitative estimate of drug-likeness (QED) is 0.612. The van der Waals surface area contributed by atoms with Gasteiger partial charge in [-0.15, -0.1) is 11.3 Å². The minimum Gasteiger partial charge on any atom is -0.293 e. The third-order valence-corrected chi connectivity index (χ3v) is 6.49. The van der Waals surface area contributed by atoms with Gasteiger partial charge in [-0.3, -0.25) is 14.1 Å². The molecule has 0 saturated heterocycles. The smallest absolute Gasteiger partial charge is 0.259 e. The second-order valence-corrected chi connectivity index (χ2v) is 9.49. The molecular weight excluding hydrogens is 366 g/mol. The summed E-state index contributed by atoms with van der Waals surface area (Å²) < 4.78 is 1.86. The normalized spacial score (nSPS) is 14.2. The van der Waals surface area contributed by atoms with Crippen molar-refractivity contribution in [2.45, 2.75) is 59.5 Å². The van der Waals surface area contributed by atoms with E-state index >= 15 is 0 Å². The van der Waals surface area contributed by atoms with E-state index in [0.717, 1.165) is 36.6 Å². The van der Waals surface area contributed by atoms with Crippen LogP contribution in [0.2, 0.25) is 0 Å². The minimum absolute atomic E-state index is 0.0826. The first-order valence-electron chi connectivity index (χ1n) is 10.3. The number of hydrogen-bond donors (Lipinski definition) is 0. The van der Waals surface area contributed by atoms with Crippen LogP contribution in [0.15, 0.2) is 35.1 Å². The molecule has 0 radical (unpaired) electrons. The summed E-state index contributed by atoms with van der Waals surface area (Å²) in [5, 5.41) is 0. The van der Waals surface area contributed by atoms with Crippen molar-refractivity contribution in [2.75, 3.05) is 6.54 Å². The fourth-order valence-corrected chi connectivity index (χ4v) is 5.34. The molecule has 4 nitrogen and oxygen atoms in total. The van der Waals surface area contributed by atoms with E-state index in [4.69, 9.17) is 4.98 Å². The molecule has 0 spiro atoms. The Morgan fingerprint density at radius 1 is 1.14 bits per heavy atom. The Kier molecular flexibility index (Phi) is 5.65. The van der Waals surface area contributed by atoms with Crippen LogP contribution in [-0.4, -0.2) is 20.8 Å². The predicted molar refractivity (Wildman–Crippen MR) is 116 cm³/mol. The van der Waals surface area contributed by atoms with Gasteiger partial charge in [-0.2, -0.15) is 0 Å². The summed E-state index contributed by atoms with van der Waals surface area (Å²) in [6.45, 7) is 9.15. The van der Waals surface area contributed by atoms with Gasteiger partial charge in [-0.1, -0.05) is 43.7 Å². The number of aryl methyl sites for hydroxylation is 3. The van der Waals surface area contributed by atoms with Crippen LogP contribution in [0.3, 0.4) is 0 Å². The molecule has 0 bridgehead atoms. The molecule has 1 aliphatic rings. The van der Waals surface area contributed by atoms with Gasteiger partial charge in [0.2, 0.25) is 0 Å². The SMILES string of the molecule is Cc1ccc(CN(Cc2cc(=O)n3c4c(sc3n2)CCCC4)CC(C)C)cc1. The van der Waals surface area contributed by atoms with Crippen LogP contribution >= 0.6 is 11.3 Å². The van der Waals surface area contributed by atoms with Gasteiger partial charge in [0.15, 0.2) is 4.96 Å². The largest absolute Gasteiger partial charge is 0.293 e. The van der Waals surface area contributed by atoms with Crippen molar-refractivity contribution in [2.24, 2.45) is 5.92 Å². The first kappa shape index (κ1) is 19.3. The van der Waals surface area contributed by atoms with Gasteiger partial charge in [0.25, 0.3) is 5.56 Å². The molecular formula is C23H29N3OS. The van der Waals surface area contributed by atoms with E-state index in [2.05, 4.69) is 49.9 Å². The number of hydrogen-bond acceptors (Lipinski definition) is 4. The Bertz CT molecular complexity index is 1020. The number of nitrogens with zero attached hydrogens (tertiary/aromatic N) is 3. The molecule has 0 unspecified atom stereocenters. The van der Waals surface area contributed by atoms with Crippen LogP contribution in [0.1, 0.15) is 54.1 Å². The average Bonchev–Trinajstić information content (AvgIpc) is 3.01. The van der Waals surface area contributed by atoms with E-state index in [-0.39, 0.29) is 5.56 Å². The first-order chi connectivity index (χ1) is 13.5. The molecule has 2 aromatic heterocycles. The van der Waals surface area contributed by atoms with E-state index in [1.54, 1.807) is 17.4 Å². The lowest BCUT2D eigenvalue weighted by molar-refractivity contribution is 0.225. The molecule has 0 amide bonds. The Balaban J connectivity index is 1.61. The summed E-state index contributed by atoms with van der Waals surface area (Å²) in [4.78, 5) is 22.4. The second-order valence-electron chi connectivity index (χ2n) is 8.43. The van der Waals surface area contributed by atoms with Crippen LogP contribution in [-0.2, 0) is 25.9 Å². The standard InChI is InChI=1S/C23H29N3OS/c1-16(2)13-25(14-18-10-8-17(3)9-11-18)15-19-12-22(27)26-20-6-4-5-7-21(20)28-23(26)24-19/h8-12,16H,4-7,13-15H2,1-3H3. The first-order valence-corrected chi connectivity index (χ1v) is 11.1. The Morgan fingerprint density at radius 3 is 2.64 bits per heavy atom. The number of rotatable bonds is 6. The third kappa shape index (κ3) is 4.20. The molecule has 0 aliphatic heterocycles. The summed E-state index contributed by atoms with van der Waals surface area (Å²) in [7, 11) is 0. The summed E-state index contributed by atoms with van der Waals surface area (Å²) in [5.41, 5.74) is 4.75. The highest BCUT2D eigenvalue weighted by molar-refractivity contribution is 7.17. The van der Waals surface area contributed by atoms with Gasteiger partial charge >= 0.3 is 0 Å². The van der Waals surface area contributed by atoms with Crippen LogP contribution < -0.4 is 5.56 Å². The van der Waals surface area contributed by atoms with E-state index in [0.29, 0.717) is 12.5 Å². The van der Waals surface area contributed by atoms with Crippen LogP contribution in [0.4, 0.5) is 0 Å². The van der Waals surface area contributed by atoms with Gasteiger partial charge < -0.3 is 0 Å². The van der Waals surface area contributed by atoms with Crippen molar-refractivity contribution in [1.29, 1.82) is 0 Å². The highest BCUT2D eigenvalue weighted by Gasteiger charge is 2.19. The number of fused-ring (bicyclic) bond motifs is 3. The van der Waals surface area contributed by atoms with Crippen LogP contribution in [0.5, 0.6) is 0 Å². The second kappa shape index (κ2) is 8.18. The molecule has 148 valence electrons. The number of benzene rings is 1. The molecule has 5 heteroatoms. The van der Waals surface area contributed by atoms with Crippen LogP contribution in [0.25, 0.3) is 4.96 Å². The van der Waals surface area contributed by atoms with E-state index < -0.39 is 0 Å². The Labute approximate surface area is 170 Å². The summed E-state index contributed by atoms with van der Waals surface area (Å²) in [6, 6.07) is 10.5. The fraction of sp³-hybridized carbons (Fsp3) is 0.478. The van der Waals surface area contributed by atoms with Crippen molar-refractivity contribution in [3.63, 3.8) is 0 Å². The molecule has 0 saturated carbocycles. The highest BCUT2D eigenvalue weighted by Crippen LogP contribution is 2.28. The predicted octanol–water partition coefficient (Wildman–Crippen LogP) is 4.60. The van der Waals surface area contributed by atoms with Crippen molar-refractivity contribution < 1.29 is 0 Å². The maximum absolute atomic E-state index is 12.8. The molecule has 28 heavy (non-hydrogen) atoms. The Hall–Kier alpha value is -1.98. The van der Waals surface area contributed by atoms with Gasteiger partial charge in [0, 0.05) is 36.3 Å². The third-order valence-electron chi connectivity index (χ3n) is 5.35. The zero-order valence-corrected chi connectivity index (χ0v) is 17.9. The van der Waals surface area contributed by atoms with Gasteiger partial charge in [-0.25, -0.2) is 4.98 Å². The van der Waals surface area contributed by atoms with E-state index in [9.17, 15) is 4.79 Å². The van der Waals surface area contributed by atoms with Gasteiger partial charge in [0.1, 0.15) is 0 Å². The fourth-order valence-electron chi connectivity index (χ4n) is 4.10. The van der Waals surface area contributed by atoms with Crippen molar-refractivity contribution in [1.82, 2.24) is 14.3 Å². The number of thiazole rings is 1. The lowest BCUT2D eigenvalue weighted by Gasteiger charge is -2.24. The topological polar surface area (TPSA) is 37.6 Å².